The summed E-state index contributed by atoms with van der Waals surface area (Å²) in [6.07, 6.45) is 10.8. The second kappa shape index (κ2) is 12.4. The summed E-state index contributed by atoms with van der Waals surface area (Å²) in [5.41, 5.74) is 8.70. The van der Waals surface area contributed by atoms with Crippen molar-refractivity contribution in [1.29, 1.82) is 0 Å². The molecule has 2 nitrogen and oxygen atoms in total. The van der Waals surface area contributed by atoms with Crippen LogP contribution in [0.2, 0.25) is 0 Å². The van der Waals surface area contributed by atoms with E-state index in [4.69, 9.17) is 9.98 Å². The average molecular weight is 391 g/mol. The van der Waals surface area contributed by atoms with E-state index in [0.717, 1.165) is 55.6 Å². The monoisotopic (exact) mass is 390 g/mol. The highest BCUT2D eigenvalue weighted by Crippen LogP contribution is 2.22. The molecule has 29 heavy (non-hydrogen) atoms. The van der Waals surface area contributed by atoms with E-state index >= 15 is 0 Å². The van der Waals surface area contributed by atoms with Crippen molar-refractivity contribution in [2.45, 2.75) is 86.0 Å². The first-order valence-electron chi connectivity index (χ1n) is 11.5. The van der Waals surface area contributed by atoms with Gasteiger partial charge in [0.05, 0.1) is 17.1 Å². The molecule has 0 aliphatic carbocycles. The lowest BCUT2D eigenvalue weighted by molar-refractivity contribution is 0.744. The fourth-order valence-electron chi connectivity index (χ4n) is 3.60. The molecule has 0 spiro atoms. The summed E-state index contributed by atoms with van der Waals surface area (Å²) in [5, 5.41) is 0. The lowest BCUT2D eigenvalue weighted by Gasteiger charge is -2.08. The van der Waals surface area contributed by atoms with Gasteiger partial charge in [0.15, 0.2) is 0 Å². The van der Waals surface area contributed by atoms with Crippen LogP contribution < -0.4 is 0 Å². The Labute approximate surface area is 178 Å². The molecule has 0 aromatic heterocycles. The normalized spacial score (nSPS) is 12.1. The van der Waals surface area contributed by atoms with Crippen molar-refractivity contribution in [3.8, 4) is 0 Å². The van der Waals surface area contributed by atoms with E-state index < -0.39 is 0 Å². The van der Waals surface area contributed by atoms with Gasteiger partial charge in [-0.15, -0.1) is 0 Å². The van der Waals surface area contributed by atoms with Crippen LogP contribution in [-0.4, -0.2) is 11.9 Å². The molecule has 0 bridgehead atoms. The van der Waals surface area contributed by atoms with Crippen LogP contribution in [0.3, 0.4) is 0 Å². The second-order valence-corrected chi connectivity index (χ2v) is 7.69. The highest BCUT2D eigenvalue weighted by Gasteiger charge is 2.03. The number of benzene rings is 2. The van der Waals surface area contributed by atoms with Crippen LogP contribution in [0.4, 0.5) is 11.4 Å². The Kier molecular flexibility index (Phi) is 9.83. The van der Waals surface area contributed by atoms with Gasteiger partial charge in [-0.2, -0.15) is 0 Å². The van der Waals surface area contributed by atoms with Gasteiger partial charge in [0.2, 0.25) is 0 Å². The van der Waals surface area contributed by atoms with Crippen molar-refractivity contribution in [2.24, 2.45) is 9.98 Å². The highest BCUT2D eigenvalue weighted by molar-refractivity contribution is 6.31. The smallest absolute Gasteiger partial charge is 0.0636 e. The maximum Gasteiger partial charge on any atom is 0.0636 e. The molecule has 0 aliphatic rings. The minimum atomic E-state index is 0.975. The van der Waals surface area contributed by atoms with Gasteiger partial charge in [-0.05, 0) is 85.0 Å². The van der Waals surface area contributed by atoms with Crippen molar-refractivity contribution in [3.05, 3.63) is 58.7 Å². The quantitative estimate of drug-likeness (QED) is 0.274. The molecule has 156 valence electrons. The van der Waals surface area contributed by atoms with Crippen LogP contribution in [0.25, 0.3) is 0 Å². The molecule has 2 rings (SSSR count). The molecule has 0 heterocycles. The van der Waals surface area contributed by atoms with Crippen molar-refractivity contribution < 1.29 is 0 Å². The Morgan fingerprint density at radius 1 is 0.724 bits per heavy atom. The number of aliphatic imine (C=N–C) groups is 2. The van der Waals surface area contributed by atoms with Crippen LogP contribution in [0.15, 0.2) is 46.4 Å². The predicted octanol–water partition coefficient (Wildman–Crippen LogP) is 7.99. The summed E-state index contributed by atoms with van der Waals surface area (Å²) in [6, 6.07) is 13.3. The van der Waals surface area contributed by atoms with Crippen LogP contribution in [0, 0.1) is 0 Å². The van der Waals surface area contributed by atoms with Gasteiger partial charge in [-0.1, -0.05) is 59.6 Å². The minimum absolute atomic E-state index is 0.975. The van der Waals surface area contributed by atoms with E-state index in [2.05, 4.69) is 71.0 Å². The van der Waals surface area contributed by atoms with Gasteiger partial charge >= 0.3 is 0 Å². The Morgan fingerprint density at radius 3 is 2.00 bits per heavy atom. The first kappa shape index (κ1) is 23.1. The SMILES string of the molecule is CCCCCC(C=Nc1cc(CC)cc(CC)c1)=Nc1ccc(CC)c(CC)c1. The molecule has 0 amide bonds. The minimum Gasteiger partial charge on any atom is -0.255 e. The molecule has 0 N–H and O–H groups in total. The van der Waals surface area contributed by atoms with E-state index in [1.807, 2.05) is 6.21 Å². The van der Waals surface area contributed by atoms with Crippen LogP contribution >= 0.6 is 0 Å². The third kappa shape index (κ3) is 7.27. The second-order valence-electron chi connectivity index (χ2n) is 7.69. The summed E-state index contributed by atoms with van der Waals surface area (Å²) in [5.74, 6) is 0. The zero-order valence-corrected chi connectivity index (χ0v) is 19.1. The van der Waals surface area contributed by atoms with Gasteiger partial charge in [0.25, 0.3) is 0 Å². The average Bonchev–Trinajstić information content (AvgIpc) is 2.76. The maximum absolute atomic E-state index is 4.98. The molecule has 0 aliphatic heterocycles. The molecular formula is C27H38N2. The van der Waals surface area contributed by atoms with Crippen LogP contribution in [0.1, 0.15) is 82.6 Å². The number of nitrogens with zero attached hydrogens (tertiary/aromatic N) is 2. The third-order valence-electron chi connectivity index (χ3n) is 5.48. The fourth-order valence-corrected chi connectivity index (χ4v) is 3.60. The Balaban J connectivity index is 2.32. The molecule has 0 radical (unpaired) electrons. The van der Waals surface area contributed by atoms with Gasteiger partial charge in [-0.25, -0.2) is 0 Å². The molecule has 0 fully saturated rings. The number of aryl methyl sites for hydroxylation is 4. The Morgan fingerprint density at radius 2 is 1.41 bits per heavy atom. The number of hydrogen-bond donors (Lipinski definition) is 0. The third-order valence-corrected chi connectivity index (χ3v) is 5.48. The maximum atomic E-state index is 4.98. The topological polar surface area (TPSA) is 24.7 Å². The lowest BCUT2D eigenvalue weighted by atomic mass is 10.0. The molecule has 2 heteroatoms. The van der Waals surface area contributed by atoms with Gasteiger partial charge in [0, 0.05) is 6.21 Å². The molecule has 0 saturated heterocycles. The van der Waals surface area contributed by atoms with Gasteiger partial charge in [-0.3, -0.25) is 9.98 Å². The Hall–Kier alpha value is -2.22. The first-order valence-corrected chi connectivity index (χ1v) is 11.5. The summed E-state index contributed by atoms with van der Waals surface area (Å²) in [7, 11) is 0. The number of rotatable bonds is 11. The van der Waals surface area contributed by atoms with Crippen molar-refractivity contribution >= 4 is 23.3 Å². The largest absolute Gasteiger partial charge is 0.255 e. The molecule has 0 saturated carbocycles. The highest BCUT2D eigenvalue weighted by atomic mass is 14.8. The standard InChI is InChI=1S/C27H38N2/c1-6-11-12-13-26(29-25-15-14-23(9-4)24(10-5)19-25)20-28-27-17-21(7-2)16-22(8-3)18-27/h14-20H,6-13H2,1-5H3. The summed E-state index contributed by atoms with van der Waals surface area (Å²) >= 11 is 0. The summed E-state index contributed by atoms with van der Waals surface area (Å²) < 4.78 is 0. The summed E-state index contributed by atoms with van der Waals surface area (Å²) in [6.45, 7) is 11.1. The van der Waals surface area contributed by atoms with Crippen LogP contribution in [-0.2, 0) is 25.7 Å². The first-order chi connectivity index (χ1) is 14.1. The lowest BCUT2D eigenvalue weighted by Crippen LogP contribution is -2.00. The number of unbranched alkanes of at least 4 members (excludes halogenated alkanes) is 2. The van der Waals surface area contributed by atoms with Crippen molar-refractivity contribution in [3.63, 3.8) is 0 Å². The summed E-state index contributed by atoms with van der Waals surface area (Å²) in [4.78, 5) is 9.80. The van der Waals surface area contributed by atoms with E-state index in [1.165, 1.54) is 35.1 Å². The zero-order chi connectivity index (χ0) is 21.1. The van der Waals surface area contributed by atoms with Gasteiger partial charge < -0.3 is 0 Å². The molecule has 2 aromatic rings. The van der Waals surface area contributed by atoms with Gasteiger partial charge in [0.1, 0.15) is 0 Å². The molecule has 0 atom stereocenters. The number of hydrogen-bond acceptors (Lipinski definition) is 2. The van der Waals surface area contributed by atoms with E-state index in [9.17, 15) is 0 Å². The molecule has 0 unspecified atom stereocenters. The zero-order valence-electron chi connectivity index (χ0n) is 19.1. The van der Waals surface area contributed by atoms with Crippen LogP contribution in [0.5, 0.6) is 0 Å². The van der Waals surface area contributed by atoms with E-state index in [-0.39, 0.29) is 0 Å². The fraction of sp³-hybridized carbons (Fsp3) is 0.481. The van der Waals surface area contributed by atoms with Crippen molar-refractivity contribution in [2.75, 3.05) is 0 Å². The predicted molar refractivity (Wildman–Crippen MR) is 130 cm³/mol. The Bertz CT molecular complexity index is 808. The van der Waals surface area contributed by atoms with E-state index in [0.29, 0.717) is 0 Å². The molecule has 2 aromatic carbocycles. The van der Waals surface area contributed by atoms with E-state index in [1.54, 1.807) is 0 Å². The molecular weight excluding hydrogens is 352 g/mol. The van der Waals surface area contributed by atoms with Crippen molar-refractivity contribution in [1.82, 2.24) is 0 Å².